The standard InChI is InChI=1S/C14H17BrN2O3/c1-4-5-17-13(18)9-20-14-11(15)6-10(8-16-2)7-12(14)19-3/h1,6-7,16H,5,8-9H2,2-3H3,(H,17,18). The van der Waals surface area contributed by atoms with Gasteiger partial charge in [-0.3, -0.25) is 4.79 Å². The molecule has 1 aromatic rings. The van der Waals surface area contributed by atoms with Crippen molar-refractivity contribution in [3.63, 3.8) is 0 Å². The van der Waals surface area contributed by atoms with Crippen LogP contribution in [0.25, 0.3) is 0 Å². The molecule has 0 spiro atoms. The van der Waals surface area contributed by atoms with Gasteiger partial charge < -0.3 is 20.1 Å². The molecule has 0 atom stereocenters. The second kappa shape index (κ2) is 8.46. The van der Waals surface area contributed by atoms with E-state index in [1.807, 2.05) is 19.2 Å². The van der Waals surface area contributed by atoms with Crippen molar-refractivity contribution in [1.29, 1.82) is 0 Å². The number of halogens is 1. The smallest absolute Gasteiger partial charge is 0.258 e. The Labute approximate surface area is 127 Å². The molecule has 5 nitrogen and oxygen atoms in total. The van der Waals surface area contributed by atoms with Crippen LogP contribution in [0.5, 0.6) is 11.5 Å². The Morgan fingerprint density at radius 1 is 1.50 bits per heavy atom. The maximum atomic E-state index is 11.5. The molecule has 0 heterocycles. The number of ether oxygens (including phenoxy) is 2. The van der Waals surface area contributed by atoms with Crippen LogP contribution in [0.2, 0.25) is 0 Å². The monoisotopic (exact) mass is 340 g/mol. The van der Waals surface area contributed by atoms with Crippen molar-refractivity contribution in [1.82, 2.24) is 10.6 Å². The first-order chi connectivity index (χ1) is 9.62. The molecule has 0 unspecified atom stereocenters. The molecular formula is C14H17BrN2O3. The van der Waals surface area contributed by atoms with E-state index in [9.17, 15) is 4.79 Å². The van der Waals surface area contributed by atoms with Crippen molar-refractivity contribution in [2.24, 2.45) is 0 Å². The van der Waals surface area contributed by atoms with E-state index in [4.69, 9.17) is 15.9 Å². The molecule has 0 fully saturated rings. The zero-order chi connectivity index (χ0) is 15.0. The van der Waals surface area contributed by atoms with Crippen molar-refractivity contribution in [3.8, 4) is 23.8 Å². The van der Waals surface area contributed by atoms with Gasteiger partial charge in [-0.2, -0.15) is 0 Å². The van der Waals surface area contributed by atoms with Gasteiger partial charge in [0, 0.05) is 6.54 Å². The zero-order valence-corrected chi connectivity index (χ0v) is 13.0. The predicted octanol–water partition coefficient (Wildman–Crippen LogP) is 1.31. The van der Waals surface area contributed by atoms with E-state index in [0.717, 1.165) is 10.0 Å². The third-order valence-electron chi connectivity index (χ3n) is 2.41. The lowest BCUT2D eigenvalue weighted by atomic mass is 10.2. The highest BCUT2D eigenvalue weighted by atomic mass is 79.9. The number of hydrogen-bond acceptors (Lipinski definition) is 4. The second-order valence-electron chi connectivity index (χ2n) is 3.91. The van der Waals surface area contributed by atoms with Crippen LogP contribution in [0.1, 0.15) is 5.56 Å². The normalized spacial score (nSPS) is 9.70. The number of methoxy groups -OCH3 is 1. The van der Waals surface area contributed by atoms with Crippen LogP contribution in [0.15, 0.2) is 16.6 Å². The van der Waals surface area contributed by atoms with E-state index < -0.39 is 0 Å². The molecule has 2 N–H and O–H groups in total. The topological polar surface area (TPSA) is 59.6 Å². The van der Waals surface area contributed by atoms with E-state index >= 15 is 0 Å². The Kier molecular flexibility index (Phi) is 6.91. The van der Waals surface area contributed by atoms with Gasteiger partial charge in [-0.1, -0.05) is 5.92 Å². The summed E-state index contributed by atoms with van der Waals surface area (Å²) in [5.41, 5.74) is 1.04. The number of amides is 1. The fraction of sp³-hybridized carbons (Fsp3) is 0.357. The maximum absolute atomic E-state index is 11.5. The molecule has 0 saturated heterocycles. The average molecular weight is 341 g/mol. The summed E-state index contributed by atoms with van der Waals surface area (Å²) in [6, 6.07) is 3.77. The van der Waals surface area contributed by atoms with Gasteiger partial charge in [-0.25, -0.2) is 0 Å². The third kappa shape index (κ3) is 4.76. The fourth-order valence-electron chi connectivity index (χ4n) is 1.56. The van der Waals surface area contributed by atoms with Gasteiger partial charge in [0.1, 0.15) is 0 Å². The van der Waals surface area contributed by atoms with E-state index in [2.05, 4.69) is 32.5 Å². The van der Waals surface area contributed by atoms with E-state index in [1.165, 1.54) is 0 Å². The predicted molar refractivity (Wildman–Crippen MR) is 80.8 cm³/mol. The molecule has 0 saturated carbocycles. The fourth-order valence-corrected chi connectivity index (χ4v) is 2.16. The Bertz CT molecular complexity index is 512. The second-order valence-corrected chi connectivity index (χ2v) is 4.76. The molecule has 20 heavy (non-hydrogen) atoms. The molecule has 1 aromatic carbocycles. The summed E-state index contributed by atoms with van der Waals surface area (Å²) >= 11 is 3.41. The van der Waals surface area contributed by atoms with E-state index in [0.29, 0.717) is 18.0 Å². The highest BCUT2D eigenvalue weighted by Crippen LogP contribution is 2.36. The van der Waals surface area contributed by atoms with Crippen LogP contribution in [0, 0.1) is 12.3 Å². The van der Waals surface area contributed by atoms with Gasteiger partial charge >= 0.3 is 0 Å². The Morgan fingerprint density at radius 2 is 2.25 bits per heavy atom. The minimum atomic E-state index is -0.281. The van der Waals surface area contributed by atoms with Crippen LogP contribution in [-0.4, -0.2) is 33.2 Å². The van der Waals surface area contributed by atoms with Crippen LogP contribution < -0.4 is 20.1 Å². The SMILES string of the molecule is C#CCNC(=O)COc1c(Br)cc(CNC)cc1OC. The lowest BCUT2D eigenvalue weighted by Crippen LogP contribution is -2.29. The van der Waals surface area contributed by atoms with E-state index in [-0.39, 0.29) is 19.1 Å². The van der Waals surface area contributed by atoms with Gasteiger partial charge in [0.15, 0.2) is 18.1 Å². The lowest BCUT2D eigenvalue weighted by Gasteiger charge is -2.14. The molecule has 0 aromatic heterocycles. The zero-order valence-electron chi connectivity index (χ0n) is 11.5. The summed E-state index contributed by atoms with van der Waals surface area (Å²) in [7, 11) is 3.41. The summed E-state index contributed by atoms with van der Waals surface area (Å²) in [6.07, 6.45) is 5.06. The molecule has 0 aliphatic heterocycles. The summed E-state index contributed by atoms with van der Waals surface area (Å²) in [5, 5.41) is 5.58. The van der Waals surface area contributed by atoms with Gasteiger partial charge in [-0.15, -0.1) is 6.42 Å². The Morgan fingerprint density at radius 3 is 2.85 bits per heavy atom. The molecule has 1 amide bonds. The van der Waals surface area contributed by atoms with Crippen molar-refractivity contribution in [2.75, 3.05) is 27.3 Å². The molecule has 0 bridgehead atoms. The number of carbonyl (C=O) groups excluding carboxylic acids is 1. The quantitative estimate of drug-likeness (QED) is 0.734. The van der Waals surface area contributed by atoms with Crippen molar-refractivity contribution in [3.05, 3.63) is 22.2 Å². The maximum Gasteiger partial charge on any atom is 0.258 e. The number of terminal acetylenes is 1. The number of carbonyl (C=O) groups is 1. The lowest BCUT2D eigenvalue weighted by molar-refractivity contribution is -0.122. The Hall–Kier alpha value is -1.71. The van der Waals surface area contributed by atoms with Crippen molar-refractivity contribution < 1.29 is 14.3 Å². The molecule has 108 valence electrons. The summed E-state index contributed by atoms with van der Waals surface area (Å²) in [5.74, 6) is 3.10. The van der Waals surface area contributed by atoms with Gasteiger partial charge in [0.2, 0.25) is 0 Å². The number of hydrogen-bond donors (Lipinski definition) is 2. The van der Waals surface area contributed by atoms with Crippen LogP contribution in [-0.2, 0) is 11.3 Å². The minimum Gasteiger partial charge on any atom is -0.493 e. The van der Waals surface area contributed by atoms with Gasteiger partial charge in [0.05, 0.1) is 18.1 Å². The first-order valence-electron chi connectivity index (χ1n) is 5.96. The first-order valence-corrected chi connectivity index (χ1v) is 6.75. The Balaban J connectivity index is 2.79. The van der Waals surface area contributed by atoms with Crippen molar-refractivity contribution in [2.45, 2.75) is 6.54 Å². The number of rotatable bonds is 7. The van der Waals surface area contributed by atoms with Crippen LogP contribution >= 0.6 is 15.9 Å². The number of benzene rings is 1. The average Bonchev–Trinajstić information content (AvgIpc) is 2.43. The van der Waals surface area contributed by atoms with E-state index in [1.54, 1.807) is 7.11 Å². The molecule has 0 aliphatic rings. The third-order valence-corrected chi connectivity index (χ3v) is 2.99. The molecule has 6 heteroatoms. The van der Waals surface area contributed by atoms with Gasteiger partial charge in [0.25, 0.3) is 5.91 Å². The molecule has 0 radical (unpaired) electrons. The number of nitrogens with one attached hydrogen (secondary N) is 2. The molecule has 1 rings (SSSR count). The highest BCUT2D eigenvalue weighted by Gasteiger charge is 2.13. The largest absolute Gasteiger partial charge is 0.493 e. The van der Waals surface area contributed by atoms with Gasteiger partial charge in [-0.05, 0) is 40.7 Å². The first kappa shape index (κ1) is 16.3. The molecule has 0 aliphatic carbocycles. The van der Waals surface area contributed by atoms with Crippen LogP contribution in [0.4, 0.5) is 0 Å². The highest BCUT2D eigenvalue weighted by molar-refractivity contribution is 9.10. The summed E-state index contributed by atoms with van der Waals surface area (Å²) < 4.78 is 11.5. The summed E-state index contributed by atoms with van der Waals surface area (Å²) in [6.45, 7) is 0.765. The minimum absolute atomic E-state index is 0.123. The van der Waals surface area contributed by atoms with Crippen molar-refractivity contribution >= 4 is 21.8 Å². The molecular weight excluding hydrogens is 324 g/mol. The van der Waals surface area contributed by atoms with Crippen LogP contribution in [0.3, 0.4) is 0 Å². The summed E-state index contributed by atoms with van der Waals surface area (Å²) in [4.78, 5) is 11.5.